The van der Waals surface area contributed by atoms with Crippen molar-refractivity contribution in [2.45, 2.75) is 6.54 Å². The maximum Gasteiger partial charge on any atom is 0.244 e. The Hall–Kier alpha value is -2.99. The van der Waals surface area contributed by atoms with Crippen molar-refractivity contribution in [3.05, 3.63) is 63.9 Å². The van der Waals surface area contributed by atoms with Crippen LogP contribution in [0.2, 0.25) is 5.02 Å². The molecule has 0 saturated carbocycles. The van der Waals surface area contributed by atoms with Crippen molar-refractivity contribution in [1.82, 2.24) is 4.57 Å². The standard InChI is InChI=1S/C19H17ClN2O4/c1-25-17-6-4-13(10-18(17)26-2)21-19(24)11-22-8-7-16(23)14-9-12(20)3-5-15(14)22/h3-10H,11H2,1-2H3,(H,21,24). The number of benzene rings is 2. The Morgan fingerprint density at radius 3 is 2.58 bits per heavy atom. The molecule has 0 aliphatic heterocycles. The molecule has 134 valence electrons. The van der Waals surface area contributed by atoms with Crippen LogP contribution in [-0.2, 0) is 11.3 Å². The summed E-state index contributed by atoms with van der Waals surface area (Å²) in [6, 6.07) is 11.5. The summed E-state index contributed by atoms with van der Waals surface area (Å²) in [7, 11) is 3.07. The fraction of sp³-hybridized carbons (Fsp3) is 0.158. The number of pyridine rings is 1. The first-order chi connectivity index (χ1) is 12.5. The summed E-state index contributed by atoms with van der Waals surface area (Å²) in [5, 5.41) is 3.75. The molecule has 1 heterocycles. The average molecular weight is 373 g/mol. The molecular weight excluding hydrogens is 356 g/mol. The number of hydrogen-bond acceptors (Lipinski definition) is 4. The summed E-state index contributed by atoms with van der Waals surface area (Å²) < 4.78 is 12.1. The van der Waals surface area contributed by atoms with E-state index in [4.69, 9.17) is 21.1 Å². The van der Waals surface area contributed by atoms with E-state index in [1.54, 1.807) is 54.3 Å². The second-order valence-corrected chi connectivity index (χ2v) is 6.02. The highest BCUT2D eigenvalue weighted by atomic mass is 35.5. The highest BCUT2D eigenvalue weighted by Crippen LogP contribution is 2.29. The number of hydrogen-bond donors (Lipinski definition) is 1. The molecule has 3 aromatic rings. The van der Waals surface area contributed by atoms with Gasteiger partial charge in [0, 0.05) is 34.4 Å². The van der Waals surface area contributed by atoms with Crippen LogP contribution in [0.3, 0.4) is 0 Å². The molecule has 0 fully saturated rings. The third-order valence-electron chi connectivity index (χ3n) is 3.92. The van der Waals surface area contributed by atoms with Gasteiger partial charge in [0.05, 0.1) is 19.7 Å². The summed E-state index contributed by atoms with van der Waals surface area (Å²) in [4.78, 5) is 24.4. The van der Waals surface area contributed by atoms with Crippen molar-refractivity contribution in [1.29, 1.82) is 0 Å². The molecular formula is C19H17ClN2O4. The van der Waals surface area contributed by atoms with Crippen molar-refractivity contribution in [3.8, 4) is 11.5 Å². The van der Waals surface area contributed by atoms with E-state index in [2.05, 4.69) is 5.32 Å². The van der Waals surface area contributed by atoms with Gasteiger partial charge in [-0.1, -0.05) is 11.6 Å². The number of rotatable bonds is 5. The number of nitrogens with zero attached hydrogens (tertiary/aromatic N) is 1. The monoisotopic (exact) mass is 372 g/mol. The van der Waals surface area contributed by atoms with E-state index in [1.165, 1.54) is 13.2 Å². The molecule has 26 heavy (non-hydrogen) atoms. The summed E-state index contributed by atoms with van der Waals surface area (Å²) in [5.41, 5.74) is 1.09. The van der Waals surface area contributed by atoms with Crippen LogP contribution in [0, 0.1) is 0 Å². The third kappa shape index (κ3) is 3.65. The van der Waals surface area contributed by atoms with Gasteiger partial charge in [0.1, 0.15) is 6.54 Å². The van der Waals surface area contributed by atoms with Crippen LogP contribution in [0.25, 0.3) is 10.9 Å². The summed E-state index contributed by atoms with van der Waals surface area (Å²) in [6.07, 6.45) is 1.59. The number of fused-ring (bicyclic) bond motifs is 1. The fourth-order valence-electron chi connectivity index (χ4n) is 2.69. The third-order valence-corrected chi connectivity index (χ3v) is 4.16. The van der Waals surface area contributed by atoms with E-state index in [0.29, 0.717) is 33.1 Å². The number of methoxy groups -OCH3 is 2. The van der Waals surface area contributed by atoms with E-state index in [1.807, 2.05) is 0 Å². The number of nitrogens with one attached hydrogen (secondary N) is 1. The highest BCUT2D eigenvalue weighted by molar-refractivity contribution is 6.31. The molecule has 0 radical (unpaired) electrons. The SMILES string of the molecule is COc1ccc(NC(=O)Cn2ccc(=O)c3cc(Cl)ccc32)cc1OC. The number of anilines is 1. The second-order valence-electron chi connectivity index (χ2n) is 5.59. The van der Waals surface area contributed by atoms with E-state index in [-0.39, 0.29) is 17.9 Å². The number of aromatic nitrogens is 1. The Kier molecular flexibility index (Phi) is 5.14. The zero-order valence-corrected chi connectivity index (χ0v) is 15.0. The van der Waals surface area contributed by atoms with Crippen molar-refractivity contribution in [2.24, 2.45) is 0 Å². The van der Waals surface area contributed by atoms with Gasteiger partial charge in [0.2, 0.25) is 5.91 Å². The van der Waals surface area contributed by atoms with E-state index in [0.717, 1.165) is 0 Å². The highest BCUT2D eigenvalue weighted by Gasteiger charge is 2.10. The molecule has 0 aliphatic carbocycles. The predicted molar refractivity (Wildman–Crippen MR) is 101 cm³/mol. The largest absolute Gasteiger partial charge is 0.493 e. The zero-order chi connectivity index (χ0) is 18.7. The minimum absolute atomic E-state index is 0.0484. The Bertz CT molecular complexity index is 1030. The van der Waals surface area contributed by atoms with Gasteiger partial charge in [-0.05, 0) is 30.3 Å². The number of ether oxygens (including phenoxy) is 2. The van der Waals surface area contributed by atoms with Crippen LogP contribution in [0.4, 0.5) is 5.69 Å². The summed E-state index contributed by atoms with van der Waals surface area (Å²) in [6.45, 7) is 0.0484. The Morgan fingerprint density at radius 1 is 1.08 bits per heavy atom. The lowest BCUT2D eigenvalue weighted by Gasteiger charge is -2.13. The molecule has 0 aliphatic rings. The minimum Gasteiger partial charge on any atom is -0.493 e. The molecule has 1 aromatic heterocycles. The maximum atomic E-state index is 12.4. The Labute approximate surface area is 154 Å². The van der Waals surface area contributed by atoms with Gasteiger partial charge >= 0.3 is 0 Å². The molecule has 1 N–H and O–H groups in total. The molecule has 1 amide bonds. The number of carbonyl (C=O) groups is 1. The van der Waals surface area contributed by atoms with Crippen LogP contribution >= 0.6 is 11.6 Å². The van der Waals surface area contributed by atoms with Crippen LogP contribution in [-0.4, -0.2) is 24.7 Å². The normalized spacial score (nSPS) is 10.6. The van der Waals surface area contributed by atoms with Crippen LogP contribution in [0.1, 0.15) is 0 Å². The van der Waals surface area contributed by atoms with Crippen molar-refractivity contribution in [2.75, 3.05) is 19.5 Å². The van der Waals surface area contributed by atoms with Gasteiger partial charge in [0.15, 0.2) is 16.9 Å². The fourth-order valence-corrected chi connectivity index (χ4v) is 2.86. The summed E-state index contributed by atoms with van der Waals surface area (Å²) >= 11 is 5.96. The molecule has 0 unspecified atom stereocenters. The van der Waals surface area contributed by atoms with E-state index < -0.39 is 0 Å². The maximum absolute atomic E-state index is 12.4. The van der Waals surface area contributed by atoms with Gasteiger partial charge in [-0.2, -0.15) is 0 Å². The van der Waals surface area contributed by atoms with Crippen molar-refractivity contribution < 1.29 is 14.3 Å². The molecule has 2 aromatic carbocycles. The van der Waals surface area contributed by atoms with Gasteiger partial charge < -0.3 is 19.4 Å². The lowest BCUT2D eigenvalue weighted by molar-refractivity contribution is -0.116. The predicted octanol–water partition coefficient (Wildman–Crippen LogP) is 3.31. The molecule has 3 rings (SSSR count). The Balaban J connectivity index is 1.84. The van der Waals surface area contributed by atoms with Gasteiger partial charge in [-0.3, -0.25) is 9.59 Å². The van der Waals surface area contributed by atoms with Gasteiger partial charge in [0.25, 0.3) is 0 Å². The zero-order valence-electron chi connectivity index (χ0n) is 14.3. The second kappa shape index (κ2) is 7.49. The van der Waals surface area contributed by atoms with Crippen molar-refractivity contribution >= 4 is 34.1 Å². The van der Waals surface area contributed by atoms with Crippen molar-refractivity contribution in [3.63, 3.8) is 0 Å². The number of halogens is 1. The van der Waals surface area contributed by atoms with Crippen LogP contribution < -0.4 is 20.2 Å². The average Bonchev–Trinajstić information content (AvgIpc) is 2.64. The smallest absolute Gasteiger partial charge is 0.244 e. The first kappa shape index (κ1) is 17.8. The van der Waals surface area contributed by atoms with Crippen LogP contribution in [0.15, 0.2) is 53.5 Å². The van der Waals surface area contributed by atoms with E-state index in [9.17, 15) is 9.59 Å². The number of amides is 1. The molecule has 0 bridgehead atoms. The molecule has 0 spiro atoms. The number of carbonyl (C=O) groups excluding carboxylic acids is 1. The first-order valence-electron chi connectivity index (χ1n) is 7.82. The molecule has 0 atom stereocenters. The van der Waals surface area contributed by atoms with Gasteiger partial charge in [-0.25, -0.2) is 0 Å². The van der Waals surface area contributed by atoms with E-state index >= 15 is 0 Å². The van der Waals surface area contributed by atoms with Gasteiger partial charge in [-0.15, -0.1) is 0 Å². The van der Waals surface area contributed by atoms with Crippen LogP contribution in [0.5, 0.6) is 11.5 Å². The Morgan fingerprint density at radius 2 is 1.85 bits per heavy atom. The minimum atomic E-state index is -0.239. The molecule has 0 saturated heterocycles. The molecule has 6 nitrogen and oxygen atoms in total. The lowest BCUT2D eigenvalue weighted by Crippen LogP contribution is -2.20. The summed E-state index contributed by atoms with van der Waals surface area (Å²) in [5.74, 6) is 0.861. The lowest BCUT2D eigenvalue weighted by atomic mass is 10.2. The molecule has 7 heteroatoms. The topological polar surface area (TPSA) is 69.6 Å². The quantitative estimate of drug-likeness (QED) is 0.746. The first-order valence-corrected chi connectivity index (χ1v) is 8.20.